The standard InChI is InChI=1S/C31H50O6/c1-20(9-7-16-30(3,4)35)24-13-14-25-22(10-8-17-31(24,25)5)11-12-23-19-26(32)29(28(34)21(23)2)37-18-15-27(33)36-6/h11-12,20,24-26,28-29,32,34-35H,2,7-10,13-19H2,1,3-6H3/b22-11+,23-12-/t20-,24-,25?,26?,28?,29?,31-/m1/s1. The van der Waals surface area contributed by atoms with Crippen LogP contribution in [0.25, 0.3) is 0 Å². The van der Waals surface area contributed by atoms with Gasteiger partial charge < -0.3 is 24.8 Å². The van der Waals surface area contributed by atoms with Crippen LogP contribution in [0.5, 0.6) is 0 Å². The molecule has 0 saturated heterocycles. The predicted molar refractivity (Wildman–Crippen MR) is 146 cm³/mol. The summed E-state index contributed by atoms with van der Waals surface area (Å²) in [5.41, 5.74) is 2.64. The van der Waals surface area contributed by atoms with Crippen LogP contribution in [0.1, 0.15) is 91.9 Å². The summed E-state index contributed by atoms with van der Waals surface area (Å²) >= 11 is 0. The minimum atomic E-state index is -1.01. The highest BCUT2D eigenvalue weighted by Gasteiger charge is 2.50. The first-order chi connectivity index (χ1) is 17.4. The number of carbonyl (C=O) groups is 1. The predicted octanol–water partition coefficient (Wildman–Crippen LogP) is 5.26. The van der Waals surface area contributed by atoms with Crippen molar-refractivity contribution in [3.8, 4) is 0 Å². The van der Waals surface area contributed by atoms with Gasteiger partial charge in [-0.1, -0.05) is 51.0 Å². The Hall–Kier alpha value is -1.47. The van der Waals surface area contributed by atoms with Crippen molar-refractivity contribution in [1.29, 1.82) is 0 Å². The van der Waals surface area contributed by atoms with Gasteiger partial charge in [0.25, 0.3) is 0 Å². The highest BCUT2D eigenvalue weighted by Crippen LogP contribution is 2.60. The Bertz CT molecular complexity index is 867. The van der Waals surface area contributed by atoms with E-state index >= 15 is 0 Å². The fourth-order valence-corrected chi connectivity index (χ4v) is 7.31. The van der Waals surface area contributed by atoms with Crippen LogP contribution in [-0.4, -0.2) is 58.9 Å². The van der Waals surface area contributed by atoms with E-state index in [1.54, 1.807) is 0 Å². The summed E-state index contributed by atoms with van der Waals surface area (Å²) in [5.74, 6) is 1.53. The Morgan fingerprint density at radius 1 is 1.27 bits per heavy atom. The van der Waals surface area contributed by atoms with Gasteiger partial charge in [-0.25, -0.2) is 0 Å². The Balaban J connectivity index is 1.65. The minimum absolute atomic E-state index is 0.0763. The topological polar surface area (TPSA) is 96.2 Å². The van der Waals surface area contributed by atoms with Crippen molar-refractivity contribution < 1.29 is 29.6 Å². The quantitative estimate of drug-likeness (QED) is 0.341. The van der Waals surface area contributed by atoms with Gasteiger partial charge in [0.1, 0.15) is 12.2 Å². The molecule has 3 aliphatic carbocycles. The van der Waals surface area contributed by atoms with E-state index in [-0.39, 0.29) is 19.0 Å². The maximum atomic E-state index is 11.3. The maximum Gasteiger partial charge on any atom is 0.307 e. The second-order valence-electron chi connectivity index (χ2n) is 12.6. The average Bonchev–Trinajstić information content (AvgIpc) is 3.19. The van der Waals surface area contributed by atoms with E-state index in [1.807, 2.05) is 13.8 Å². The van der Waals surface area contributed by atoms with Gasteiger partial charge in [-0.15, -0.1) is 0 Å². The lowest BCUT2D eigenvalue weighted by Crippen LogP contribution is -2.45. The van der Waals surface area contributed by atoms with Gasteiger partial charge in [-0.05, 0) is 86.7 Å². The Morgan fingerprint density at radius 3 is 2.68 bits per heavy atom. The summed E-state index contributed by atoms with van der Waals surface area (Å²) in [4.78, 5) is 11.3. The number of hydrogen-bond acceptors (Lipinski definition) is 6. The molecule has 0 aromatic rings. The monoisotopic (exact) mass is 518 g/mol. The van der Waals surface area contributed by atoms with Gasteiger partial charge in [-0.2, -0.15) is 0 Å². The third-order valence-electron chi connectivity index (χ3n) is 9.40. The van der Waals surface area contributed by atoms with Crippen LogP contribution in [0.3, 0.4) is 0 Å². The van der Waals surface area contributed by atoms with Crippen LogP contribution >= 0.6 is 0 Å². The van der Waals surface area contributed by atoms with E-state index in [0.29, 0.717) is 35.2 Å². The highest BCUT2D eigenvalue weighted by atomic mass is 16.5. The summed E-state index contributed by atoms with van der Waals surface area (Å²) in [7, 11) is 1.32. The van der Waals surface area contributed by atoms with Crippen molar-refractivity contribution >= 4 is 5.97 Å². The highest BCUT2D eigenvalue weighted by molar-refractivity contribution is 5.69. The van der Waals surface area contributed by atoms with Crippen molar-refractivity contribution in [3.05, 3.63) is 35.5 Å². The molecule has 3 aliphatic rings. The third-order valence-corrected chi connectivity index (χ3v) is 9.40. The van der Waals surface area contributed by atoms with E-state index in [2.05, 4.69) is 37.3 Å². The Labute approximate surface area is 223 Å². The SMILES string of the molecule is C=C1/C(=C\C=C2/CCC[C@@]3(C)C2CC[C@@H]3[C@H](C)CCCC(C)(C)O)CC(O)C(OCCC(=O)OC)C1O. The lowest BCUT2D eigenvalue weighted by Gasteiger charge is -2.44. The number of ether oxygens (including phenoxy) is 2. The molecular formula is C31H50O6. The molecule has 3 rings (SSSR count). The number of allylic oxidation sites excluding steroid dienone is 3. The van der Waals surface area contributed by atoms with Crippen LogP contribution in [0.2, 0.25) is 0 Å². The van der Waals surface area contributed by atoms with Crippen LogP contribution in [0, 0.1) is 23.2 Å². The summed E-state index contributed by atoms with van der Waals surface area (Å²) in [6, 6.07) is 0. The van der Waals surface area contributed by atoms with Gasteiger partial charge >= 0.3 is 5.97 Å². The van der Waals surface area contributed by atoms with E-state index in [1.165, 1.54) is 44.8 Å². The maximum absolute atomic E-state index is 11.3. The molecule has 4 unspecified atom stereocenters. The molecule has 210 valence electrons. The largest absolute Gasteiger partial charge is 0.469 e. The summed E-state index contributed by atoms with van der Waals surface area (Å²) < 4.78 is 10.2. The number of carbonyl (C=O) groups excluding carboxylic acids is 1. The molecular weight excluding hydrogens is 468 g/mol. The minimum Gasteiger partial charge on any atom is -0.469 e. The summed E-state index contributed by atoms with van der Waals surface area (Å²) in [5, 5.41) is 31.5. The molecule has 3 fully saturated rings. The second-order valence-corrected chi connectivity index (χ2v) is 12.6. The Morgan fingerprint density at radius 2 is 2.00 bits per heavy atom. The van der Waals surface area contributed by atoms with Crippen molar-refractivity contribution in [1.82, 2.24) is 0 Å². The molecule has 0 amide bonds. The molecule has 6 nitrogen and oxygen atoms in total. The van der Waals surface area contributed by atoms with Crippen molar-refractivity contribution in [2.45, 2.75) is 116 Å². The van der Waals surface area contributed by atoms with Gasteiger partial charge in [0, 0.05) is 6.42 Å². The summed E-state index contributed by atoms with van der Waals surface area (Å²) in [6.07, 6.45) is 11.2. The lowest BCUT2D eigenvalue weighted by atomic mass is 9.60. The fraction of sp³-hybridized carbons (Fsp3) is 0.774. The third kappa shape index (κ3) is 7.35. The van der Waals surface area contributed by atoms with Crippen LogP contribution < -0.4 is 0 Å². The smallest absolute Gasteiger partial charge is 0.307 e. The average molecular weight is 519 g/mol. The van der Waals surface area contributed by atoms with Gasteiger partial charge in [0.15, 0.2) is 0 Å². The fourth-order valence-electron chi connectivity index (χ4n) is 7.31. The molecule has 0 aromatic heterocycles. The lowest BCUT2D eigenvalue weighted by molar-refractivity contribution is -0.145. The second kappa shape index (κ2) is 12.6. The normalized spacial score (nSPS) is 35.6. The van der Waals surface area contributed by atoms with Gasteiger partial charge in [0.2, 0.25) is 0 Å². The molecule has 0 aliphatic heterocycles. The van der Waals surface area contributed by atoms with Crippen molar-refractivity contribution in [2.75, 3.05) is 13.7 Å². The number of esters is 1. The van der Waals surface area contributed by atoms with E-state index in [0.717, 1.165) is 24.8 Å². The molecule has 3 N–H and O–H groups in total. The van der Waals surface area contributed by atoms with Crippen LogP contribution in [0.15, 0.2) is 35.5 Å². The van der Waals surface area contributed by atoms with Gasteiger partial charge in [-0.3, -0.25) is 4.79 Å². The van der Waals surface area contributed by atoms with E-state index in [4.69, 9.17) is 4.74 Å². The number of rotatable bonds is 10. The van der Waals surface area contributed by atoms with Crippen LogP contribution in [0.4, 0.5) is 0 Å². The zero-order valence-corrected chi connectivity index (χ0v) is 23.7. The first kappa shape index (κ1) is 30.1. The molecule has 0 heterocycles. The van der Waals surface area contributed by atoms with Gasteiger partial charge in [0.05, 0.1) is 31.8 Å². The molecule has 0 bridgehead atoms. The zero-order chi connectivity index (χ0) is 27.4. The molecule has 3 saturated carbocycles. The molecule has 0 aromatic carbocycles. The number of hydrogen-bond donors (Lipinski definition) is 3. The molecule has 37 heavy (non-hydrogen) atoms. The summed E-state index contributed by atoms with van der Waals surface area (Å²) in [6.45, 7) is 12.9. The number of fused-ring (bicyclic) bond motifs is 1. The van der Waals surface area contributed by atoms with E-state index < -0.39 is 23.9 Å². The first-order valence-corrected chi connectivity index (χ1v) is 14.2. The Kier molecular flexibility index (Phi) is 10.2. The number of aliphatic hydroxyl groups excluding tert-OH is 2. The molecule has 7 atom stereocenters. The van der Waals surface area contributed by atoms with Crippen LogP contribution in [-0.2, 0) is 14.3 Å². The molecule has 0 spiro atoms. The first-order valence-electron chi connectivity index (χ1n) is 14.2. The van der Waals surface area contributed by atoms with Crippen molar-refractivity contribution in [2.24, 2.45) is 23.2 Å². The van der Waals surface area contributed by atoms with E-state index in [9.17, 15) is 20.1 Å². The molecule has 6 heteroatoms. The molecule has 0 radical (unpaired) electrons. The number of aliphatic hydroxyl groups is 3. The van der Waals surface area contributed by atoms with Crippen molar-refractivity contribution in [3.63, 3.8) is 0 Å². The zero-order valence-electron chi connectivity index (χ0n) is 23.7. The number of methoxy groups -OCH3 is 1.